The van der Waals surface area contributed by atoms with Gasteiger partial charge >= 0.3 is 0 Å². The zero-order chi connectivity index (χ0) is 29.8. The summed E-state index contributed by atoms with van der Waals surface area (Å²) in [5.74, 6) is -2.37. The normalized spacial score (nSPS) is 26.7. The third-order valence-electron chi connectivity index (χ3n) is 9.37. The molecule has 4 unspecified atom stereocenters. The summed E-state index contributed by atoms with van der Waals surface area (Å²) in [5, 5.41) is 8.49. The molecule has 0 aliphatic carbocycles. The SMILES string of the molecule is CN1CC(F)CNC1C(C(=O)Nc1cncc(F)c1N1CCC(C(=O)N2CCC(N3CCCC3)CC2)CC1)C(N)N=O. The van der Waals surface area contributed by atoms with Crippen LogP contribution in [0.3, 0.4) is 0 Å². The fourth-order valence-electron chi connectivity index (χ4n) is 7.07. The van der Waals surface area contributed by atoms with Crippen molar-refractivity contribution in [3.8, 4) is 0 Å². The number of anilines is 2. The molecule has 4 saturated heterocycles. The van der Waals surface area contributed by atoms with Crippen molar-refractivity contribution in [1.29, 1.82) is 0 Å². The number of nitrogens with two attached hydrogens (primary N) is 1. The highest BCUT2D eigenvalue weighted by molar-refractivity contribution is 5.96. The van der Waals surface area contributed by atoms with E-state index in [-0.39, 0.29) is 36.3 Å². The maximum absolute atomic E-state index is 15.2. The lowest BCUT2D eigenvalue weighted by Crippen LogP contribution is -2.62. The number of hydrogen-bond donors (Lipinski definition) is 3. The number of piperidine rings is 2. The van der Waals surface area contributed by atoms with Gasteiger partial charge in [-0.2, -0.15) is 0 Å². The first-order chi connectivity index (χ1) is 20.3. The Hall–Kier alpha value is -2.81. The van der Waals surface area contributed by atoms with Gasteiger partial charge in [0.25, 0.3) is 0 Å². The summed E-state index contributed by atoms with van der Waals surface area (Å²) in [6.07, 6.45) is 4.86. The van der Waals surface area contributed by atoms with Crippen molar-refractivity contribution in [1.82, 2.24) is 25.0 Å². The number of nitrogens with zero attached hydrogens (tertiary/aromatic N) is 6. The van der Waals surface area contributed by atoms with Crippen molar-refractivity contribution >= 4 is 23.2 Å². The average molecular weight is 592 g/mol. The van der Waals surface area contributed by atoms with E-state index in [4.69, 9.17) is 5.73 Å². The molecule has 232 valence electrons. The summed E-state index contributed by atoms with van der Waals surface area (Å²) in [5.41, 5.74) is 6.23. The van der Waals surface area contributed by atoms with Gasteiger partial charge in [-0.25, -0.2) is 8.78 Å². The Morgan fingerprint density at radius 2 is 1.79 bits per heavy atom. The zero-order valence-corrected chi connectivity index (χ0v) is 24.3. The molecule has 4 fully saturated rings. The van der Waals surface area contributed by atoms with Gasteiger partial charge in [0, 0.05) is 51.2 Å². The van der Waals surface area contributed by atoms with Crippen LogP contribution in [0.2, 0.25) is 0 Å². The van der Waals surface area contributed by atoms with Crippen molar-refractivity contribution in [2.45, 2.75) is 63.1 Å². The van der Waals surface area contributed by atoms with Crippen LogP contribution in [0.25, 0.3) is 0 Å². The van der Waals surface area contributed by atoms with Crippen molar-refractivity contribution < 1.29 is 18.4 Å². The van der Waals surface area contributed by atoms with E-state index in [0.29, 0.717) is 32.0 Å². The molecule has 4 N–H and O–H groups in total. The van der Waals surface area contributed by atoms with Crippen LogP contribution in [0, 0.1) is 22.6 Å². The Morgan fingerprint density at radius 3 is 2.43 bits per heavy atom. The van der Waals surface area contributed by atoms with Gasteiger partial charge in [0.05, 0.1) is 24.2 Å². The van der Waals surface area contributed by atoms with Crippen LogP contribution >= 0.6 is 0 Å². The summed E-state index contributed by atoms with van der Waals surface area (Å²) in [7, 11) is 1.62. The number of carbonyl (C=O) groups is 2. The van der Waals surface area contributed by atoms with Gasteiger partial charge in [-0.3, -0.25) is 24.8 Å². The molecule has 1 aromatic heterocycles. The van der Waals surface area contributed by atoms with E-state index in [0.717, 1.165) is 32.1 Å². The van der Waals surface area contributed by atoms with Crippen molar-refractivity contribution in [3.05, 3.63) is 23.1 Å². The molecule has 0 bridgehead atoms. The number of aromatic nitrogens is 1. The van der Waals surface area contributed by atoms with E-state index in [1.165, 1.54) is 32.1 Å². The van der Waals surface area contributed by atoms with Gasteiger partial charge in [-0.15, -0.1) is 4.91 Å². The lowest BCUT2D eigenvalue weighted by Gasteiger charge is -2.40. The fraction of sp³-hybridized carbons (Fsp3) is 0.750. The molecule has 5 heterocycles. The van der Waals surface area contributed by atoms with Crippen LogP contribution in [0.1, 0.15) is 38.5 Å². The van der Waals surface area contributed by atoms with Crippen molar-refractivity contribution in [3.63, 3.8) is 0 Å². The second kappa shape index (κ2) is 13.7. The first-order valence-electron chi connectivity index (χ1n) is 15.1. The predicted octanol–water partition coefficient (Wildman–Crippen LogP) is 1.33. The minimum absolute atomic E-state index is 0.00124. The molecule has 2 amide bonds. The fourth-order valence-corrected chi connectivity index (χ4v) is 7.07. The summed E-state index contributed by atoms with van der Waals surface area (Å²) >= 11 is 0. The van der Waals surface area contributed by atoms with Gasteiger partial charge in [0.1, 0.15) is 17.8 Å². The molecular formula is C28H43F2N9O3. The third kappa shape index (κ3) is 6.71. The molecule has 5 rings (SSSR count). The quantitative estimate of drug-likeness (QED) is 0.382. The molecule has 12 nitrogen and oxygen atoms in total. The molecule has 0 saturated carbocycles. The predicted molar refractivity (Wildman–Crippen MR) is 155 cm³/mol. The number of halogens is 2. The molecule has 14 heteroatoms. The minimum atomic E-state index is -1.41. The highest BCUT2D eigenvalue weighted by Crippen LogP contribution is 2.34. The molecule has 4 aliphatic heterocycles. The molecule has 0 spiro atoms. The topological polar surface area (TPSA) is 140 Å². The second-order valence-electron chi connectivity index (χ2n) is 12.1. The number of likely N-dealkylation sites (tertiary alicyclic amines) is 2. The van der Waals surface area contributed by atoms with Gasteiger partial charge in [0.15, 0.2) is 12.0 Å². The first kappa shape index (κ1) is 30.6. The van der Waals surface area contributed by atoms with Crippen LogP contribution < -0.4 is 21.3 Å². The van der Waals surface area contributed by atoms with Crippen LogP contribution in [0.4, 0.5) is 20.2 Å². The monoisotopic (exact) mass is 591 g/mol. The van der Waals surface area contributed by atoms with Crippen LogP contribution in [-0.2, 0) is 9.59 Å². The Labute approximate surface area is 245 Å². The Kier molecular flexibility index (Phi) is 9.96. The number of nitrogens with one attached hydrogen (secondary N) is 2. The number of carbonyl (C=O) groups excluding carboxylic acids is 2. The lowest BCUT2D eigenvalue weighted by atomic mass is 9.93. The number of hydrogen-bond acceptors (Lipinski definition) is 10. The summed E-state index contributed by atoms with van der Waals surface area (Å²) < 4.78 is 29.1. The summed E-state index contributed by atoms with van der Waals surface area (Å²) in [6.45, 7) is 4.84. The minimum Gasteiger partial charge on any atom is -0.367 e. The van der Waals surface area contributed by atoms with Crippen LogP contribution in [0.5, 0.6) is 0 Å². The van der Waals surface area contributed by atoms with E-state index >= 15 is 4.39 Å². The maximum Gasteiger partial charge on any atom is 0.234 e. The molecule has 1 aromatic rings. The van der Waals surface area contributed by atoms with E-state index in [2.05, 4.69) is 25.7 Å². The molecule has 4 aliphatic rings. The lowest BCUT2D eigenvalue weighted by molar-refractivity contribution is -0.137. The third-order valence-corrected chi connectivity index (χ3v) is 9.37. The van der Waals surface area contributed by atoms with Crippen LogP contribution in [0.15, 0.2) is 17.6 Å². The summed E-state index contributed by atoms with van der Waals surface area (Å²) in [6, 6.07) is 0.577. The molecule has 4 atom stereocenters. The smallest absolute Gasteiger partial charge is 0.234 e. The van der Waals surface area contributed by atoms with E-state index in [9.17, 15) is 18.9 Å². The van der Waals surface area contributed by atoms with Gasteiger partial charge in [0.2, 0.25) is 11.8 Å². The Bertz CT molecular complexity index is 1110. The van der Waals surface area contributed by atoms with Gasteiger partial charge in [-0.1, -0.05) is 5.18 Å². The van der Waals surface area contributed by atoms with Gasteiger partial charge in [-0.05, 0) is 58.7 Å². The van der Waals surface area contributed by atoms with Crippen LogP contribution in [-0.4, -0.2) is 115 Å². The molecule has 42 heavy (non-hydrogen) atoms. The molecular weight excluding hydrogens is 548 g/mol. The van der Waals surface area contributed by atoms with Gasteiger partial charge < -0.3 is 25.8 Å². The van der Waals surface area contributed by atoms with E-state index in [1.54, 1.807) is 11.9 Å². The van der Waals surface area contributed by atoms with E-state index in [1.807, 2.05) is 9.80 Å². The Morgan fingerprint density at radius 1 is 1.10 bits per heavy atom. The second-order valence-corrected chi connectivity index (χ2v) is 12.1. The number of pyridine rings is 1. The zero-order valence-electron chi connectivity index (χ0n) is 24.3. The number of alkyl halides is 1. The highest BCUT2D eigenvalue weighted by Gasteiger charge is 2.41. The average Bonchev–Trinajstić information content (AvgIpc) is 3.54. The molecule has 0 radical (unpaired) electrons. The highest BCUT2D eigenvalue weighted by atomic mass is 19.1. The standard InChI is InChI=1S/C28H43F2N9O3/c1-36-17-19(29)14-33-26(36)23(25(31)35-42)27(40)34-22-16-32-15-21(30)24(22)38-10-4-18(5-11-38)28(41)39-12-6-20(7-13-39)37-8-2-3-9-37/h15-16,18-20,23,25-26,33H,2-14,17,31H2,1H3,(H,34,40). The largest absolute Gasteiger partial charge is 0.367 e. The summed E-state index contributed by atoms with van der Waals surface area (Å²) in [4.78, 5) is 50.0. The number of nitroso groups, excluding NO2 is 1. The van der Waals surface area contributed by atoms with E-state index < -0.39 is 36.1 Å². The first-order valence-corrected chi connectivity index (χ1v) is 15.1. The maximum atomic E-state index is 15.2. The number of rotatable bonds is 8. The van der Waals surface area contributed by atoms with Crippen molar-refractivity contribution in [2.24, 2.45) is 22.7 Å². The Balaban J connectivity index is 1.21. The van der Waals surface area contributed by atoms with Crippen molar-refractivity contribution in [2.75, 3.05) is 69.6 Å². The number of amides is 2. The molecule has 0 aromatic carbocycles.